The van der Waals surface area contributed by atoms with Crippen LogP contribution in [0.25, 0.3) is 10.8 Å². The highest BCUT2D eigenvalue weighted by Crippen LogP contribution is 2.22. The van der Waals surface area contributed by atoms with E-state index >= 15 is 0 Å². The molecule has 0 aliphatic carbocycles. The van der Waals surface area contributed by atoms with Crippen molar-refractivity contribution in [2.45, 2.75) is 25.9 Å². The highest BCUT2D eigenvalue weighted by atomic mass is 16.5. The Kier molecular flexibility index (Phi) is 3.64. The maximum absolute atomic E-state index is 9.65. The smallest absolute Gasteiger partial charge is 0.119 e. The molecule has 2 heteroatoms. The van der Waals surface area contributed by atoms with Crippen molar-refractivity contribution in [3.8, 4) is 5.75 Å². The number of methoxy groups -OCH3 is 1. The van der Waals surface area contributed by atoms with Gasteiger partial charge in [0.25, 0.3) is 0 Å². The molecular formula is C15H18O2. The summed E-state index contributed by atoms with van der Waals surface area (Å²) in [6, 6.07) is 12.3. The number of fused-ring (bicyclic) bond motifs is 1. The van der Waals surface area contributed by atoms with Crippen molar-refractivity contribution < 1.29 is 9.84 Å². The summed E-state index contributed by atoms with van der Waals surface area (Å²) in [6.07, 6.45) is 1.27. The van der Waals surface area contributed by atoms with Crippen LogP contribution in [-0.4, -0.2) is 18.3 Å². The van der Waals surface area contributed by atoms with Crippen LogP contribution in [0.15, 0.2) is 36.4 Å². The Morgan fingerprint density at radius 2 is 1.82 bits per heavy atom. The second-order valence-electron chi connectivity index (χ2n) is 4.31. The Balaban J connectivity index is 2.31. The summed E-state index contributed by atoms with van der Waals surface area (Å²) >= 11 is 0. The number of aliphatic hydroxyl groups excluding tert-OH is 1. The van der Waals surface area contributed by atoms with E-state index in [1.165, 1.54) is 16.3 Å². The van der Waals surface area contributed by atoms with Crippen LogP contribution in [0.4, 0.5) is 0 Å². The van der Waals surface area contributed by atoms with Crippen molar-refractivity contribution in [2.75, 3.05) is 7.11 Å². The molecule has 0 fully saturated rings. The van der Waals surface area contributed by atoms with Gasteiger partial charge in [0.05, 0.1) is 13.2 Å². The highest BCUT2D eigenvalue weighted by molar-refractivity contribution is 5.84. The van der Waals surface area contributed by atoms with Crippen LogP contribution in [0.2, 0.25) is 0 Å². The molecule has 0 aliphatic heterocycles. The van der Waals surface area contributed by atoms with Gasteiger partial charge in [0.15, 0.2) is 0 Å². The number of hydrogen-bond acceptors (Lipinski definition) is 2. The Labute approximate surface area is 102 Å². The summed E-state index contributed by atoms with van der Waals surface area (Å²) in [7, 11) is 1.67. The minimum atomic E-state index is -0.245. The van der Waals surface area contributed by atoms with Crippen LogP contribution in [0.3, 0.4) is 0 Å². The lowest BCUT2D eigenvalue weighted by Crippen LogP contribution is -2.08. The Bertz CT molecular complexity index is 505. The monoisotopic (exact) mass is 230 g/mol. The van der Waals surface area contributed by atoms with Crippen molar-refractivity contribution in [1.82, 2.24) is 0 Å². The zero-order valence-corrected chi connectivity index (χ0v) is 10.3. The highest BCUT2D eigenvalue weighted by Gasteiger charge is 2.04. The third-order valence-electron chi connectivity index (χ3n) is 3.05. The van der Waals surface area contributed by atoms with Crippen LogP contribution in [0, 0.1) is 0 Å². The average Bonchev–Trinajstić information content (AvgIpc) is 2.38. The van der Waals surface area contributed by atoms with Crippen LogP contribution >= 0.6 is 0 Å². The molecule has 0 saturated heterocycles. The van der Waals surface area contributed by atoms with Crippen molar-refractivity contribution in [3.63, 3.8) is 0 Å². The lowest BCUT2D eigenvalue weighted by Gasteiger charge is -2.09. The average molecular weight is 230 g/mol. The fraction of sp³-hybridized carbons (Fsp3) is 0.333. The normalized spacial score (nSPS) is 12.6. The Morgan fingerprint density at radius 3 is 2.53 bits per heavy atom. The predicted octanol–water partition coefficient (Wildman–Crippen LogP) is 3.16. The first-order valence-electron chi connectivity index (χ1n) is 5.97. The van der Waals surface area contributed by atoms with E-state index in [1.807, 2.05) is 19.1 Å². The summed E-state index contributed by atoms with van der Waals surface area (Å²) in [4.78, 5) is 0. The third-order valence-corrected chi connectivity index (χ3v) is 3.05. The molecule has 0 aliphatic rings. The van der Waals surface area contributed by atoms with Crippen molar-refractivity contribution in [2.24, 2.45) is 0 Å². The lowest BCUT2D eigenvalue weighted by molar-refractivity contribution is 0.171. The van der Waals surface area contributed by atoms with E-state index in [2.05, 4.69) is 24.3 Å². The van der Waals surface area contributed by atoms with Gasteiger partial charge in [-0.2, -0.15) is 0 Å². The van der Waals surface area contributed by atoms with Gasteiger partial charge in [-0.05, 0) is 41.3 Å². The van der Waals surface area contributed by atoms with Gasteiger partial charge in [0.2, 0.25) is 0 Å². The molecule has 1 atom stereocenters. The van der Waals surface area contributed by atoms with Gasteiger partial charge >= 0.3 is 0 Å². The second kappa shape index (κ2) is 5.19. The van der Waals surface area contributed by atoms with Gasteiger partial charge in [0, 0.05) is 0 Å². The first-order valence-corrected chi connectivity index (χ1v) is 5.97. The van der Waals surface area contributed by atoms with Crippen molar-refractivity contribution in [3.05, 3.63) is 42.0 Å². The minimum Gasteiger partial charge on any atom is -0.497 e. The molecule has 2 nitrogen and oxygen atoms in total. The third kappa shape index (κ3) is 2.77. The molecule has 0 bridgehead atoms. The number of aliphatic hydroxyl groups is 1. The van der Waals surface area contributed by atoms with Gasteiger partial charge in [-0.15, -0.1) is 0 Å². The summed E-state index contributed by atoms with van der Waals surface area (Å²) in [5, 5.41) is 12.0. The predicted molar refractivity (Wildman–Crippen MR) is 70.5 cm³/mol. The summed E-state index contributed by atoms with van der Waals surface area (Å²) in [6.45, 7) is 2.00. The van der Waals surface area contributed by atoms with Crippen LogP contribution in [0.1, 0.15) is 18.9 Å². The molecule has 1 N–H and O–H groups in total. The van der Waals surface area contributed by atoms with E-state index in [0.717, 1.165) is 18.6 Å². The largest absolute Gasteiger partial charge is 0.497 e. The molecule has 2 aromatic rings. The molecule has 0 aromatic heterocycles. The first kappa shape index (κ1) is 11.9. The molecular weight excluding hydrogens is 212 g/mol. The van der Waals surface area contributed by atoms with E-state index in [1.54, 1.807) is 7.11 Å². The SMILES string of the molecule is CCC(O)Cc1ccc2cc(OC)ccc2c1. The number of hydrogen-bond donors (Lipinski definition) is 1. The molecule has 0 amide bonds. The van der Waals surface area contributed by atoms with E-state index in [9.17, 15) is 5.11 Å². The first-order chi connectivity index (χ1) is 8.22. The molecule has 0 saturated carbocycles. The van der Waals surface area contributed by atoms with Gasteiger partial charge in [0.1, 0.15) is 5.75 Å². The van der Waals surface area contributed by atoms with E-state index in [4.69, 9.17) is 4.74 Å². The zero-order chi connectivity index (χ0) is 12.3. The van der Waals surface area contributed by atoms with Gasteiger partial charge < -0.3 is 9.84 Å². The fourth-order valence-electron chi connectivity index (χ4n) is 1.94. The summed E-state index contributed by atoms with van der Waals surface area (Å²) in [5.41, 5.74) is 1.18. The van der Waals surface area contributed by atoms with Crippen molar-refractivity contribution >= 4 is 10.8 Å². The van der Waals surface area contributed by atoms with E-state index in [-0.39, 0.29) is 6.10 Å². The van der Waals surface area contributed by atoms with Gasteiger partial charge in [-0.3, -0.25) is 0 Å². The quantitative estimate of drug-likeness (QED) is 0.874. The molecule has 2 rings (SSSR count). The standard InChI is InChI=1S/C15H18O2/c1-3-14(16)9-11-4-5-13-10-15(17-2)7-6-12(13)8-11/h4-8,10,14,16H,3,9H2,1-2H3. The number of rotatable bonds is 4. The minimum absolute atomic E-state index is 0.245. The Hall–Kier alpha value is -1.54. The fourth-order valence-corrected chi connectivity index (χ4v) is 1.94. The van der Waals surface area contributed by atoms with Gasteiger partial charge in [-0.1, -0.05) is 31.2 Å². The zero-order valence-electron chi connectivity index (χ0n) is 10.3. The molecule has 0 radical (unpaired) electrons. The van der Waals surface area contributed by atoms with E-state index < -0.39 is 0 Å². The number of ether oxygens (including phenoxy) is 1. The molecule has 1 unspecified atom stereocenters. The van der Waals surface area contributed by atoms with Crippen LogP contribution in [-0.2, 0) is 6.42 Å². The summed E-state index contributed by atoms with van der Waals surface area (Å²) < 4.78 is 5.19. The molecule has 90 valence electrons. The Morgan fingerprint density at radius 1 is 1.12 bits per heavy atom. The molecule has 0 heterocycles. The summed E-state index contributed by atoms with van der Waals surface area (Å²) in [5.74, 6) is 0.874. The van der Waals surface area contributed by atoms with E-state index in [0.29, 0.717) is 0 Å². The second-order valence-corrected chi connectivity index (χ2v) is 4.31. The molecule has 0 spiro atoms. The maximum atomic E-state index is 9.65. The maximum Gasteiger partial charge on any atom is 0.119 e. The molecule has 17 heavy (non-hydrogen) atoms. The van der Waals surface area contributed by atoms with Crippen LogP contribution in [0.5, 0.6) is 5.75 Å². The topological polar surface area (TPSA) is 29.5 Å². The molecule has 2 aromatic carbocycles. The van der Waals surface area contributed by atoms with Gasteiger partial charge in [-0.25, -0.2) is 0 Å². The number of benzene rings is 2. The lowest BCUT2D eigenvalue weighted by atomic mass is 10.0. The van der Waals surface area contributed by atoms with Crippen LogP contribution < -0.4 is 4.74 Å². The van der Waals surface area contributed by atoms with Crippen molar-refractivity contribution in [1.29, 1.82) is 0 Å².